The van der Waals surface area contributed by atoms with Gasteiger partial charge in [-0.2, -0.15) is 13.2 Å². The lowest BCUT2D eigenvalue weighted by atomic mass is 10.1. The molecule has 1 aromatic rings. The summed E-state index contributed by atoms with van der Waals surface area (Å²) in [6, 6.07) is 4.38. The van der Waals surface area contributed by atoms with Gasteiger partial charge < -0.3 is 4.74 Å². The summed E-state index contributed by atoms with van der Waals surface area (Å²) in [7, 11) is 0. The van der Waals surface area contributed by atoms with Gasteiger partial charge >= 0.3 is 12.1 Å². The maximum atomic E-state index is 12.4. The Morgan fingerprint density at radius 3 is 2.20 bits per heavy atom. The van der Waals surface area contributed by atoms with Crippen molar-refractivity contribution in [3.8, 4) is 5.75 Å². The minimum Gasteiger partial charge on any atom is -0.428 e. The molecule has 1 nitrogen and oxygen atoms in total. The Bertz CT molecular complexity index is 339. The molecule has 1 radical (unpaired) electrons. The van der Waals surface area contributed by atoms with E-state index in [1.54, 1.807) is 12.1 Å². The van der Waals surface area contributed by atoms with Gasteiger partial charge in [0.2, 0.25) is 0 Å². The number of halogens is 3. The minimum atomic E-state index is -2.46. The number of rotatable bonds is 4. The Kier molecular flexibility index (Phi) is 4.21. The lowest BCUT2D eigenvalue weighted by Crippen LogP contribution is -1.91. The largest absolute Gasteiger partial charge is 0.428 e. The summed E-state index contributed by atoms with van der Waals surface area (Å²) in [5.41, 5.74) is 1.00. The van der Waals surface area contributed by atoms with Gasteiger partial charge in [0, 0.05) is 0 Å². The summed E-state index contributed by atoms with van der Waals surface area (Å²) in [6.07, 6.45) is -0.930. The van der Waals surface area contributed by atoms with E-state index in [4.69, 9.17) is 0 Å². The van der Waals surface area contributed by atoms with E-state index in [1.165, 1.54) is 12.1 Å². The maximum absolute atomic E-state index is 12.4. The highest BCUT2D eigenvalue weighted by molar-refractivity contribution is 5.28. The molecule has 0 aliphatic carbocycles. The van der Waals surface area contributed by atoms with Gasteiger partial charge in [0.05, 0.1) is 0 Å². The van der Waals surface area contributed by atoms with Crippen molar-refractivity contribution in [3.63, 3.8) is 0 Å². The normalized spacial score (nSPS) is 9.87. The molecule has 1 aromatic carbocycles. The Labute approximate surface area is 86.2 Å². The molecule has 0 saturated carbocycles. The standard InChI is InChI=1S/C11H10F3O/c1-2-3-8-4-6-9(7-5-8)15-11(14)10(12)13/h4-7H,1-3H2. The van der Waals surface area contributed by atoms with Crippen LogP contribution in [0.3, 0.4) is 0 Å². The molecule has 4 heteroatoms. The zero-order valence-corrected chi connectivity index (χ0v) is 7.97. The molecule has 0 heterocycles. The van der Waals surface area contributed by atoms with E-state index >= 15 is 0 Å². The van der Waals surface area contributed by atoms with Crippen molar-refractivity contribution in [3.05, 3.63) is 48.8 Å². The van der Waals surface area contributed by atoms with Gasteiger partial charge in [-0.3, -0.25) is 0 Å². The number of ether oxygens (including phenoxy) is 1. The molecule has 0 unspecified atom stereocenters. The highest BCUT2D eigenvalue weighted by Gasteiger charge is 2.07. The van der Waals surface area contributed by atoms with Crippen LogP contribution < -0.4 is 4.74 Å². The fourth-order valence-electron chi connectivity index (χ4n) is 1.07. The summed E-state index contributed by atoms with van der Waals surface area (Å²) in [5, 5.41) is 0. The van der Waals surface area contributed by atoms with Crippen LogP contribution in [0.5, 0.6) is 5.75 Å². The van der Waals surface area contributed by atoms with Crippen molar-refractivity contribution < 1.29 is 17.9 Å². The van der Waals surface area contributed by atoms with Crippen LogP contribution in [0.25, 0.3) is 0 Å². The second-order valence-electron chi connectivity index (χ2n) is 2.88. The SMILES string of the molecule is [CH2]CCc1ccc(OC(F)=C(F)F)cc1. The van der Waals surface area contributed by atoms with Crippen molar-refractivity contribution in [2.75, 3.05) is 0 Å². The van der Waals surface area contributed by atoms with E-state index in [0.717, 1.165) is 18.4 Å². The third-order valence-electron chi connectivity index (χ3n) is 1.74. The summed E-state index contributed by atoms with van der Waals surface area (Å²) in [5.74, 6) is 0.0492. The van der Waals surface area contributed by atoms with E-state index in [-0.39, 0.29) is 5.75 Å². The summed E-state index contributed by atoms with van der Waals surface area (Å²) in [6.45, 7) is 3.68. The molecule has 15 heavy (non-hydrogen) atoms. The van der Waals surface area contributed by atoms with E-state index in [9.17, 15) is 13.2 Å². The van der Waals surface area contributed by atoms with E-state index < -0.39 is 12.1 Å². The van der Waals surface area contributed by atoms with E-state index in [2.05, 4.69) is 11.7 Å². The van der Waals surface area contributed by atoms with Crippen molar-refractivity contribution in [1.82, 2.24) is 0 Å². The lowest BCUT2D eigenvalue weighted by molar-refractivity contribution is 0.241. The van der Waals surface area contributed by atoms with Crippen LogP contribution in [0.4, 0.5) is 13.2 Å². The van der Waals surface area contributed by atoms with E-state index in [0.29, 0.717) is 0 Å². The second kappa shape index (κ2) is 5.44. The molecular formula is C11H10F3O. The van der Waals surface area contributed by atoms with Gasteiger partial charge in [0.1, 0.15) is 5.75 Å². The third kappa shape index (κ3) is 3.65. The Morgan fingerprint density at radius 2 is 1.73 bits per heavy atom. The minimum absolute atomic E-state index is 0.0492. The van der Waals surface area contributed by atoms with Gasteiger partial charge in [0.25, 0.3) is 0 Å². The second-order valence-corrected chi connectivity index (χ2v) is 2.88. The van der Waals surface area contributed by atoms with Crippen LogP contribution in [0, 0.1) is 6.92 Å². The van der Waals surface area contributed by atoms with Gasteiger partial charge in [0.15, 0.2) is 0 Å². The van der Waals surface area contributed by atoms with Crippen LogP contribution in [-0.2, 0) is 6.42 Å². The number of aryl methyl sites for hydroxylation is 1. The van der Waals surface area contributed by atoms with Crippen LogP contribution >= 0.6 is 0 Å². The molecule has 0 atom stereocenters. The quantitative estimate of drug-likeness (QED) is 0.693. The first-order chi connectivity index (χ1) is 7.13. The maximum Gasteiger partial charge on any atom is 0.344 e. The monoisotopic (exact) mass is 215 g/mol. The number of hydrogen-bond acceptors (Lipinski definition) is 1. The highest BCUT2D eigenvalue weighted by Crippen LogP contribution is 2.19. The van der Waals surface area contributed by atoms with E-state index in [1.807, 2.05) is 0 Å². The van der Waals surface area contributed by atoms with Gasteiger partial charge in [-0.1, -0.05) is 19.1 Å². The van der Waals surface area contributed by atoms with Crippen LogP contribution in [0.1, 0.15) is 12.0 Å². The molecule has 1 rings (SSSR count). The smallest absolute Gasteiger partial charge is 0.344 e. The first kappa shape index (κ1) is 11.6. The predicted octanol–water partition coefficient (Wildman–Crippen LogP) is 3.87. The molecule has 0 aliphatic rings. The molecule has 0 fully saturated rings. The zero-order chi connectivity index (χ0) is 11.3. The van der Waals surface area contributed by atoms with Gasteiger partial charge in [-0.15, -0.1) is 0 Å². The van der Waals surface area contributed by atoms with Crippen LogP contribution in [0.15, 0.2) is 36.4 Å². The first-order valence-electron chi connectivity index (χ1n) is 4.40. The molecule has 0 aliphatic heterocycles. The molecule has 0 amide bonds. The molecule has 81 valence electrons. The lowest BCUT2D eigenvalue weighted by Gasteiger charge is -2.03. The molecule has 0 bridgehead atoms. The zero-order valence-electron chi connectivity index (χ0n) is 7.97. The van der Waals surface area contributed by atoms with Crippen molar-refractivity contribution in [2.24, 2.45) is 0 Å². The van der Waals surface area contributed by atoms with Gasteiger partial charge in [-0.25, -0.2) is 0 Å². The average molecular weight is 215 g/mol. The molecular weight excluding hydrogens is 205 g/mol. The van der Waals surface area contributed by atoms with Crippen LogP contribution in [-0.4, -0.2) is 0 Å². The molecule has 0 saturated heterocycles. The van der Waals surface area contributed by atoms with Gasteiger partial charge in [-0.05, 0) is 30.5 Å². The topological polar surface area (TPSA) is 9.23 Å². The molecule has 0 spiro atoms. The summed E-state index contributed by atoms with van der Waals surface area (Å²) >= 11 is 0. The predicted molar refractivity (Wildman–Crippen MR) is 51.1 cm³/mol. The fourth-order valence-corrected chi connectivity index (χ4v) is 1.07. The highest BCUT2D eigenvalue weighted by atomic mass is 19.3. The number of hydrogen-bond donors (Lipinski definition) is 0. The average Bonchev–Trinajstić information content (AvgIpc) is 2.21. The Hall–Kier alpha value is -1.45. The van der Waals surface area contributed by atoms with Crippen molar-refractivity contribution >= 4 is 0 Å². The Morgan fingerprint density at radius 1 is 1.13 bits per heavy atom. The number of benzene rings is 1. The fraction of sp³-hybridized carbons (Fsp3) is 0.182. The molecule has 0 N–H and O–H groups in total. The van der Waals surface area contributed by atoms with Crippen molar-refractivity contribution in [1.29, 1.82) is 0 Å². The molecule has 0 aromatic heterocycles. The third-order valence-corrected chi connectivity index (χ3v) is 1.74. The Balaban J connectivity index is 2.69. The first-order valence-corrected chi connectivity index (χ1v) is 4.40. The van der Waals surface area contributed by atoms with Crippen molar-refractivity contribution in [2.45, 2.75) is 12.8 Å². The van der Waals surface area contributed by atoms with Crippen LogP contribution in [0.2, 0.25) is 0 Å². The summed E-state index contributed by atoms with van der Waals surface area (Å²) in [4.78, 5) is 0. The summed E-state index contributed by atoms with van der Waals surface area (Å²) < 4.78 is 40.0.